The predicted octanol–water partition coefficient (Wildman–Crippen LogP) is 8.16. The molecule has 0 aromatic heterocycles. The van der Waals surface area contributed by atoms with Crippen LogP contribution in [0.2, 0.25) is 0 Å². The Balaban J connectivity index is 1.94. The van der Waals surface area contributed by atoms with Crippen LogP contribution >= 0.6 is 0 Å². The van der Waals surface area contributed by atoms with Gasteiger partial charge in [0.25, 0.3) is 0 Å². The van der Waals surface area contributed by atoms with E-state index in [0.29, 0.717) is 59.5 Å². The van der Waals surface area contributed by atoms with Gasteiger partial charge < -0.3 is 9.47 Å². The van der Waals surface area contributed by atoms with Gasteiger partial charge in [0.05, 0.1) is 13.2 Å². The van der Waals surface area contributed by atoms with Gasteiger partial charge in [0.1, 0.15) is 0 Å². The number of carbonyl (C=O) groups excluding carboxylic acids is 1. The number of ether oxygens (including phenoxy) is 2. The van der Waals surface area contributed by atoms with Crippen molar-refractivity contribution in [1.82, 2.24) is 0 Å². The molecule has 0 N–H and O–H groups in total. The SMILES string of the molecule is CCCCOc1c(/C=C2\CCC/C(=C\c3ccc(C)c(F)c3OCCCC)C2=O)ccc(C)c1F. The van der Waals surface area contributed by atoms with E-state index in [4.69, 9.17) is 9.47 Å². The normalized spacial score (nSPS) is 16.2. The largest absolute Gasteiger partial charge is 0.490 e. The predicted molar refractivity (Wildman–Crippen MR) is 138 cm³/mol. The van der Waals surface area contributed by atoms with Crippen LogP contribution in [0, 0.1) is 25.5 Å². The van der Waals surface area contributed by atoms with Crippen molar-refractivity contribution in [1.29, 1.82) is 0 Å². The Morgan fingerprint density at radius 2 is 1.20 bits per heavy atom. The first-order valence-electron chi connectivity index (χ1n) is 12.7. The van der Waals surface area contributed by atoms with Gasteiger partial charge in [-0.2, -0.15) is 0 Å². The van der Waals surface area contributed by atoms with Crippen LogP contribution in [0.1, 0.15) is 81.0 Å². The first-order chi connectivity index (χ1) is 16.9. The molecular formula is C30H36F2O3. The lowest BCUT2D eigenvalue weighted by Crippen LogP contribution is -2.13. The average Bonchev–Trinajstić information content (AvgIpc) is 2.84. The Labute approximate surface area is 207 Å². The second kappa shape index (κ2) is 12.7. The van der Waals surface area contributed by atoms with Crippen LogP contribution in [-0.2, 0) is 4.79 Å². The number of hydrogen-bond acceptors (Lipinski definition) is 3. The van der Waals surface area contributed by atoms with Crippen molar-refractivity contribution in [2.45, 2.75) is 72.6 Å². The van der Waals surface area contributed by atoms with E-state index in [0.717, 1.165) is 32.1 Å². The summed E-state index contributed by atoms with van der Waals surface area (Å²) in [6.45, 7) is 8.35. The zero-order valence-electron chi connectivity index (χ0n) is 21.3. The summed E-state index contributed by atoms with van der Waals surface area (Å²) in [6, 6.07) is 7.00. The number of halogens is 2. The van der Waals surface area contributed by atoms with E-state index in [9.17, 15) is 13.6 Å². The van der Waals surface area contributed by atoms with Crippen molar-refractivity contribution in [2.75, 3.05) is 13.2 Å². The van der Waals surface area contributed by atoms with Crippen LogP contribution < -0.4 is 9.47 Å². The maximum Gasteiger partial charge on any atom is 0.185 e. The highest BCUT2D eigenvalue weighted by Gasteiger charge is 2.23. The van der Waals surface area contributed by atoms with Crippen molar-refractivity contribution in [3.8, 4) is 11.5 Å². The standard InChI is InChI=1S/C30H36F2O3/c1-5-7-16-34-29-24(14-12-20(3)26(29)31)18-22-10-9-11-23(28(22)33)19-25-15-13-21(4)27(32)30(25)35-17-8-6-2/h12-15,18-19H,5-11,16-17H2,1-4H3/b22-18+,23-19+. The second-order valence-electron chi connectivity index (χ2n) is 9.16. The van der Waals surface area contributed by atoms with Gasteiger partial charge in [0.15, 0.2) is 28.9 Å². The summed E-state index contributed by atoms with van der Waals surface area (Å²) in [4.78, 5) is 13.4. The third-order valence-electron chi connectivity index (χ3n) is 6.26. The molecular weight excluding hydrogens is 446 g/mol. The zero-order chi connectivity index (χ0) is 25.4. The molecule has 0 amide bonds. The van der Waals surface area contributed by atoms with Gasteiger partial charge >= 0.3 is 0 Å². The molecule has 1 fully saturated rings. The van der Waals surface area contributed by atoms with Crippen molar-refractivity contribution in [2.24, 2.45) is 0 Å². The minimum Gasteiger partial charge on any atom is -0.490 e. The molecule has 2 aromatic rings. The lowest BCUT2D eigenvalue weighted by molar-refractivity contribution is -0.112. The number of benzene rings is 2. The van der Waals surface area contributed by atoms with Gasteiger partial charge in [-0.3, -0.25) is 4.79 Å². The van der Waals surface area contributed by atoms with Gasteiger partial charge in [-0.25, -0.2) is 8.78 Å². The molecule has 3 nitrogen and oxygen atoms in total. The maximum absolute atomic E-state index is 14.8. The van der Waals surface area contributed by atoms with Crippen LogP contribution in [0.5, 0.6) is 11.5 Å². The summed E-state index contributed by atoms with van der Waals surface area (Å²) in [6.07, 6.45) is 9.01. The number of aryl methyl sites for hydroxylation is 2. The quantitative estimate of drug-likeness (QED) is 0.253. The van der Waals surface area contributed by atoms with Gasteiger partial charge in [0.2, 0.25) is 0 Å². The van der Waals surface area contributed by atoms with Crippen molar-refractivity contribution >= 4 is 17.9 Å². The zero-order valence-corrected chi connectivity index (χ0v) is 21.3. The van der Waals surface area contributed by atoms with E-state index in [2.05, 4.69) is 0 Å². The van der Waals surface area contributed by atoms with Gasteiger partial charge in [0, 0.05) is 22.3 Å². The first-order valence-corrected chi connectivity index (χ1v) is 12.7. The summed E-state index contributed by atoms with van der Waals surface area (Å²) in [7, 11) is 0. The molecule has 0 bridgehead atoms. The van der Waals surface area contributed by atoms with E-state index in [1.165, 1.54) is 0 Å². The fraction of sp³-hybridized carbons (Fsp3) is 0.433. The molecule has 35 heavy (non-hydrogen) atoms. The molecule has 1 aliphatic rings. The molecule has 0 saturated heterocycles. The monoisotopic (exact) mass is 482 g/mol. The molecule has 2 aromatic carbocycles. The molecule has 0 radical (unpaired) electrons. The first kappa shape index (κ1) is 26.7. The fourth-order valence-corrected chi connectivity index (χ4v) is 4.05. The van der Waals surface area contributed by atoms with Crippen LogP contribution in [0.3, 0.4) is 0 Å². The molecule has 0 spiro atoms. The topological polar surface area (TPSA) is 35.5 Å². The Bertz CT molecular complexity index is 1030. The molecule has 0 heterocycles. The van der Waals surface area contributed by atoms with E-state index in [-0.39, 0.29) is 17.3 Å². The molecule has 3 rings (SSSR count). The van der Waals surface area contributed by atoms with Gasteiger partial charge in [-0.15, -0.1) is 0 Å². The molecule has 0 aliphatic heterocycles. The number of carbonyl (C=O) groups is 1. The van der Waals surface area contributed by atoms with E-state index < -0.39 is 11.6 Å². The highest BCUT2D eigenvalue weighted by Crippen LogP contribution is 2.34. The number of Topliss-reactive ketones (excluding diaryl/α,β-unsaturated/α-hetero) is 1. The van der Waals surface area contributed by atoms with Crippen LogP contribution in [0.15, 0.2) is 35.4 Å². The number of ketones is 1. The summed E-state index contributed by atoms with van der Waals surface area (Å²) in [5, 5.41) is 0. The highest BCUT2D eigenvalue weighted by molar-refractivity contribution is 6.14. The number of rotatable bonds is 10. The van der Waals surface area contributed by atoms with E-state index >= 15 is 0 Å². The number of allylic oxidation sites excluding steroid dienone is 2. The fourth-order valence-electron chi connectivity index (χ4n) is 4.05. The molecule has 5 heteroatoms. The van der Waals surface area contributed by atoms with Gasteiger partial charge in [-0.05, 0) is 69.2 Å². The summed E-state index contributed by atoms with van der Waals surface area (Å²) >= 11 is 0. The molecule has 0 unspecified atom stereocenters. The summed E-state index contributed by atoms with van der Waals surface area (Å²) in [5.74, 6) is -0.488. The van der Waals surface area contributed by atoms with Crippen molar-refractivity contribution in [3.05, 3.63) is 69.3 Å². The number of hydrogen-bond donors (Lipinski definition) is 0. The van der Waals surface area contributed by atoms with Crippen LogP contribution in [0.4, 0.5) is 8.78 Å². The third-order valence-corrected chi connectivity index (χ3v) is 6.26. The second-order valence-corrected chi connectivity index (χ2v) is 9.16. The minimum atomic E-state index is -0.390. The lowest BCUT2D eigenvalue weighted by Gasteiger charge is -2.19. The maximum atomic E-state index is 14.8. The van der Waals surface area contributed by atoms with Gasteiger partial charge in [-0.1, -0.05) is 51.0 Å². The summed E-state index contributed by atoms with van der Waals surface area (Å²) in [5.41, 5.74) is 3.36. The Morgan fingerprint density at radius 3 is 1.60 bits per heavy atom. The van der Waals surface area contributed by atoms with E-state index in [1.807, 2.05) is 13.8 Å². The molecule has 1 aliphatic carbocycles. The Kier molecular flexibility index (Phi) is 9.64. The number of unbranched alkanes of at least 4 members (excludes halogenated alkanes) is 2. The summed E-state index contributed by atoms with van der Waals surface area (Å²) < 4.78 is 41.2. The van der Waals surface area contributed by atoms with E-state index in [1.54, 1.807) is 50.3 Å². The smallest absolute Gasteiger partial charge is 0.185 e. The van der Waals surface area contributed by atoms with Crippen molar-refractivity contribution in [3.63, 3.8) is 0 Å². The van der Waals surface area contributed by atoms with Crippen LogP contribution in [0.25, 0.3) is 12.2 Å². The molecule has 0 atom stereocenters. The lowest BCUT2D eigenvalue weighted by atomic mass is 9.86. The third kappa shape index (κ3) is 6.59. The minimum absolute atomic E-state index is 0.0998. The highest BCUT2D eigenvalue weighted by atomic mass is 19.1. The molecule has 188 valence electrons. The van der Waals surface area contributed by atoms with Crippen LogP contribution in [-0.4, -0.2) is 19.0 Å². The van der Waals surface area contributed by atoms with Crippen molar-refractivity contribution < 1.29 is 23.0 Å². The molecule has 1 saturated carbocycles. The Morgan fingerprint density at radius 1 is 0.771 bits per heavy atom. The average molecular weight is 483 g/mol. The Hall–Kier alpha value is -2.95.